The van der Waals surface area contributed by atoms with E-state index in [1.165, 1.54) is 4.31 Å². The molecule has 2 rings (SSSR count). The van der Waals surface area contributed by atoms with Gasteiger partial charge in [-0.2, -0.15) is 4.31 Å². The molecule has 1 N–H and O–H groups in total. The summed E-state index contributed by atoms with van der Waals surface area (Å²) in [7, 11) is 2.22. The molecule has 8 nitrogen and oxygen atoms in total. The first kappa shape index (κ1) is 23.5. The summed E-state index contributed by atoms with van der Waals surface area (Å²) in [5, 5.41) is 3.79. The Hall–Kier alpha value is -0.560. The molecule has 1 aliphatic rings. The number of nitrogens with one attached hydrogen (secondary N) is 1. The molecule has 0 atom stereocenters. The molecule has 0 amide bonds. The van der Waals surface area contributed by atoms with Crippen molar-refractivity contribution in [2.24, 2.45) is 12.0 Å². The second kappa shape index (κ2) is 10.7. The lowest BCUT2D eigenvalue weighted by Crippen LogP contribution is -2.45. The fourth-order valence-corrected chi connectivity index (χ4v) is 4.27. The van der Waals surface area contributed by atoms with Crippen molar-refractivity contribution in [3.8, 4) is 0 Å². The van der Waals surface area contributed by atoms with Crippen LogP contribution in [0.2, 0.25) is 5.02 Å². The number of hydrogen-bond acceptors (Lipinski definition) is 4. The maximum absolute atomic E-state index is 12.3. The van der Waals surface area contributed by atoms with Crippen LogP contribution in [-0.4, -0.2) is 80.8 Å². The van der Waals surface area contributed by atoms with Crippen LogP contribution < -0.4 is 5.32 Å². The second-order valence-corrected chi connectivity index (χ2v) is 8.44. The van der Waals surface area contributed by atoms with Crippen molar-refractivity contribution in [3.63, 3.8) is 0 Å². The average molecular weight is 520 g/mol. The van der Waals surface area contributed by atoms with Gasteiger partial charge in [0.15, 0.2) is 5.96 Å². The summed E-state index contributed by atoms with van der Waals surface area (Å²) >= 11 is 6.00. The molecule has 26 heavy (non-hydrogen) atoms. The van der Waals surface area contributed by atoms with Gasteiger partial charge in [0.05, 0.1) is 30.5 Å². The highest BCUT2D eigenvalue weighted by Crippen LogP contribution is 2.14. The third-order valence-electron chi connectivity index (χ3n) is 4.05. The van der Waals surface area contributed by atoms with Crippen molar-refractivity contribution in [1.82, 2.24) is 19.1 Å². The van der Waals surface area contributed by atoms with Gasteiger partial charge in [0.25, 0.3) is 0 Å². The molecular weight excluding hydrogens is 493 g/mol. The number of aromatic nitrogens is 1. The topological polar surface area (TPSA) is 79.2 Å². The largest absolute Gasteiger partial charge is 0.379 e. The van der Waals surface area contributed by atoms with Gasteiger partial charge < -0.3 is 19.5 Å². The minimum absolute atomic E-state index is 0. The number of ether oxygens (including phenoxy) is 1. The van der Waals surface area contributed by atoms with Gasteiger partial charge in [-0.3, -0.25) is 4.99 Å². The Labute approximate surface area is 177 Å². The van der Waals surface area contributed by atoms with Crippen LogP contribution in [0, 0.1) is 0 Å². The smallest absolute Gasteiger partial charge is 0.215 e. The number of hydrogen-bond donors (Lipinski definition) is 1. The molecule has 0 radical (unpaired) electrons. The maximum Gasteiger partial charge on any atom is 0.215 e. The van der Waals surface area contributed by atoms with Crippen molar-refractivity contribution in [2.75, 3.05) is 52.7 Å². The summed E-state index contributed by atoms with van der Waals surface area (Å²) in [5.74, 6) is 0.657. The molecule has 1 aromatic heterocycles. The van der Waals surface area contributed by atoms with Crippen LogP contribution in [0.25, 0.3) is 0 Å². The van der Waals surface area contributed by atoms with Crippen molar-refractivity contribution in [3.05, 3.63) is 23.0 Å². The molecule has 0 unspecified atom stereocenters. The molecule has 1 fully saturated rings. The van der Waals surface area contributed by atoms with Gasteiger partial charge in [0, 0.05) is 52.7 Å². The lowest BCUT2D eigenvalue weighted by molar-refractivity contribution is 0.0730. The van der Waals surface area contributed by atoms with Gasteiger partial charge in [-0.25, -0.2) is 8.42 Å². The summed E-state index contributed by atoms with van der Waals surface area (Å²) in [6.07, 6.45) is 1.84. The van der Waals surface area contributed by atoms with Gasteiger partial charge in [0.2, 0.25) is 10.0 Å². The Morgan fingerprint density at radius 3 is 2.62 bits per heavy atom. The normalized spacial score (nSPS) is 16.2. The Morgan fingerprint density at radius 1 is 1.42 bits per heavy atom. The number of guanidine groups is 1. The van der Waals surface area contributed by atoms with Crippen LogP contribution in [0.3, 0.4) is 0 Å². The molecular formula is C15H27ClIN5O3S. The maximum atomic E-state index is 12.3. The first-order chi connectivity index (χ1) is 11.8. The molecule has 1 saturated heterocycles. The Kier molecular flexibility index (Phi) is 9.65. The molecule has 0 spiro atoms. The SMILES string of the molecule is CN=C(NCCS(=O)(=O)N1CCOCC1)N(C)Cc1cc(Cl)cn1C.I. The Morgan fingerprint density at radius 2 is 2.08 bits per heavy atom. The van der Waals surface area contributed by atoms with Gasteiger partial charge in [0.1, 0.15) is 0 Å². The Balaban J connectivity index is 0.00000338. The summed E-state index contributed by atoms with van der Waals surface area (Å²) < 4.78 is 33.3. The summed E-state index contributed by atoms with van der Waals surface area (Å²) in [6, 6.07) is 1.90. The van der Waals surface area contributed by atoms with E-state index in [0.29, 0.717) is 50.4 Å². The van der Waals surface area contributed by atoms with Crippen LogP contribution in [0.15, 0.2) is 17.3 Å². The highest BCUT2D eigenvalue weighted by molar-refractivity contribution is 14.0. The third-order valence-corrected chi connectivity index (χ3v) is 6.13. The molecule has 2 heterocycles. The van der Waals surface area contributed by atoms with Gasteiger partial charge >= 0.3 is 0 Å². The zero-order valence-electron chi connectivity index (χ0n) is 15.3. The van der Waals surface area contributed by atoms with E-state index in [2.05, 4.69) is 10.3 Å². The van der Waals surface area contributed by atoms with Crippen molar-refractivity contribution >= 4 is 51.6 Å². The number of nitrogens with zero attached hydrogens (tertiary/aromatic N) is 4. The summed E-state index contributed by atoms with van der Waals surface area (Å²) in [4.78, 5) is 6.14. The monoisotopic (exact) mass is 519 g/mol. The van der Waals surface area contributed by atoms with E-state index in [1.807, 2.05) is 35.8 Å². The highest BCUT2D eigenvalue weighted by Gasteiger charge is 2.24. The molecule has 0 bridgehead atoms. The predicted molar refractivity (Wildman–Crippen MR) is 115 cm³/mol. The van der Waals surface area contributed by atoms with E-state index < -0.39 is 10.0 Å². The van der Waals surface area contributed by atoms with E-state index >= 15 is 0 Å². The molecule has 11 heteroatoms. The number of morpholine rings is 1. The molecule has 0 aromatic carbocycles. The van der Waals surface area contributed by atoms with E-state index in [0.717, 1.165) is 5.69 Å². The summed E-state index contributed by atoms with van der Waals surface area (Å²) in [5.41, 5.74) is 1.04. The quantitative estimate of drug-likeness (QED) is 0.344. The number of sulfonamides is 1. The van der Waals surface area contributed by atoms with Gasteiger partial charge in [-0.1, -0.05) is 11.6 Å². The average Bonchev–Trinajstić information content (AvgIpc) is 2.89. The van der Waals surface area contributed by atoms with Crippen LogP contribution in [-0.2, 0) is 28.4 Å². The van der Waals surface area contributed by atoms with Crippen molar-refractivity contribution in [2.45, 2.75) is 6.54 Å². The van der Waals surface area contributed by atoms with E-state index in [4.69, 9.17) is 16.3 Å². The lowest BCUT2D eigenvalue weighted by atomic mass is 10.4. The van der Waals surface area contributed by atoms with Crippen molar-refractivity contribution in [1.29, 1.82) is 0 Å². The minimum atomic E-state index is -3.28. The first-order valence-electron chi connectivity index (χ1n) is 8.11. The van der Waals surface area contributed by atoms with E-state index in [1.54, 1.807) is 7.05 Å². The fourth-order valence-electron chi connectivity index (χ4n) is 2.67. The van der Waals surface area contributed by atoms with Gasteiger partial charge in [-0.15, -0.1) is 24.0 Å². The third kappa shape index (κ3) is 6.55. The standard InChI is InChI=1S/C15H26ClN5O3S.HI/c1-17-15(20(3)12-14-10-13(16)11-19(14)2)18-4-9-25(22,23)21-5-7-24-8-6-21;/h10-11H,4-9,12H2,1-3H3,(H,17,18);1H. The van der Waals surface area contributed by atoms with Crippen LogP contribution >= 0.6 is 35.6 Å². The molecule has 0 aliphatic carbocycles. The second-order valence-electron chi connectivity index (χ2n) is 5.92. The zero-order chi connectivity index (χ0) is 18.4. The van der Waals surface area contributed by atoms with E-state index in [9.17, 15) is 8.42 Å². The van der Waals surface area contributed by atoms with Crippen LogP contribution in [0.4, 0.5) is 0 Å². The number of rotatable bonds is 6. The van der Waals surface area contributed by atoms with Crippen LogP contribution in [0.5, 0.6) is 0 Å². The van der Waals surface area contributed by atoms with Crippen molar-refractivity contribution < 1.29 is 13.2 Å². The molecule has 150 valence electrons. The lowest BCUT2D eigenvalue weighted by Gasteiger charge is -2.27. The number of aryl methyl sites for hydroxylation is 1. The molecule has 1 aromatic rings. The zero-order valence-corrected chi connectivity index (χ0v) is 19.2. The highest BCUT2D eigenvalue weighted by atomic mass is 127. The molecule has 1 aliphatic heterocycles. The summed E-state index contributed by atoms with van der Waals surface area (Å²) in [6.45, 7) is 2.66. The van der Waals surface area contributed by atoms with Crippen LogP contribution in [0.1, 0.15) is 5.69 Å². The fraction of sp³-hybridized carbons (Fsp3) is 0.667. The van der Waals surface area contributed by atoms with Gasteiger partial charge in [-0.05, 0) is 6.07 Å². The Bertz CT molecular complexity index is 704. The first-order valence-corrected chi connectivity index (χ1v) is 10.1. The number of halogens is 2. The predicted octanol–water partition coefficient (Wildman–Crippen LogP) is 0.966. The van der Waals surface area contributed by atoms with E-state index in [-0.39, 0.29) is 29.7 Å². The number of aliphatic imine (C=N–C) groups is 1. The molecule has 0 saturated carbocycles. The minimum Gasteiger partial charge on any atom is -0.379 e.